The van der Waals surface area contributed by atoms with Gasteiger partial charge in [-0.15, -0.1) is 0 Å². The van der Waals surface area contributed by atoms with Gasteiger partial charge in [-0.1, -0.05) is 54.7 Å². The second-order valence-electron chi connectivity index (χ2n) is 4.81. The molecule has 20 heavy (non-hydrogen) atoms. The van der Waals surface area contributed by atoms with Gasteiger partial charge in [-0.05, 0) is 29.7 Å². The zero-order valence-electron chi connectivity index (χ0n) is 11.2. The van der Waals surface area contributed by atoms with E-state index in [0.29, 0.717) is 11.6 Å². The Morgan fingerprint density at radius 2 is 1.90 bits per heavy atom. The van der Waals surface area contributed by atoms with Crippen molar-refractivity contribution in [2.45, 2.75) is 18.9 Å². The molecule has 0 spiro atoms. The molecule has 1 heterocycles. The highest BCUT2D eigenvalue weighted by Crippen LogP contribution is 2.35. The Hall–Kier alpha value is -1.91. The highest BCUT2D eigenvalue weighted by molar-refractivity contribution is 7.22. The first-order valence-corrected chi connectivity index (χ1v) is 7.39. The summed E-state index contributed by atoms with van der Waals surface area (Å²) in [5, 5.41) is 11.6. The molecule has 0 saturated carbocycles. The molecule has 0 radical (unpaired) electrons. The van der Waals surface area contributed by atoms with Gasteiger partial charge in [0.25, 0.3) is 0 Å². The van der Waals surface area contributed by atoms with Crippen LogP contribution >= 0.6 is 11.3 Å². The molecular weight excluding hydrogens is 268 g/mol. The molecule has 3 N–H and O–H groups in total. The fraction of sp³-hybridized carbons (Fsp3) is 0.188. The number of hydrogen-bond donors (Lipinski definition) is 2. The lowest BCUT2D eigenvalue weighted by Gasteiger charge is -2.28. The lowest BCUT2D eigenvalue weighted by atomic mass is 9.84. The first-order valence-electron chi connectivity index (χ1n) is 6.58. The number of nitrogens with two attached hydrogens (primary N) is 1. The van der Waals surface area contributed by atoms with Crippen molar-refractivity contribution in [1.29, 1.82) is 0 Å². The summed E-state index contributed by atoms with van der Waals surface area (Å²) >= 11 is 1.44. The van der Waals surface area contributed by atoms with Crippen LogP contribution in [0.5, 0.6) is 0 Å². The quantitative estimate of drug-likeness (QED) is 0.773. The molecule has 1 atom stereocenters. The third-order valence-corrected chi connectivity index (χ3v) is 4.49. The molecule has 0 aliphatic heterocycles. The van der Waals surface area contributed by atoms with Gasteiger partial charge in [0, 0.05) is 0 Å². The molecule has 3 aromatic rings. The molecule has 102 valence electrons. The minimum atomic E-state index is -0.978. The number of nitrogens with zero attached hydrogens (tertiary/aromatic N) is 1. The third kappa shape index (κ3) is 2.07. The van der Waals surface area contributed by atoms with E-state index in [1.54, 1.807) is 0 Å². The van der Waals surface area contributed by atoms with Crippen LogP contribution in [0.25, 0.3) is 10.2 Å². The zero-order valence-corrected chi connectivity index (χ0v) is 12.0. The molecule has 0 fully saturated rings. The van der Waals surface area contributed by atoms with Gasteiger partial charge in [0.1, 0.15) is 5.60 Å². The maximum absolute atomic E-state index is 11.1. The van der Waals surface area contributed by atoms with Gasteiger partial charge in [0.15, 0.2) is 5.13 Å². The van der Waals surface area contributed by atoms with Crippen molar-refractivity contribution in [1.82, 2.24) is 4.98 Å². The first kappa shape index (κ1) is 13.1. The normalized spacial score (nSPS) is 14.3. The zero-order chi connectivity index (χ0) is 14.2. The van der Waals surface area contributed by atoms with Crippen molar-refractivity contribution in [2.24, 2.45) is 0 Å². The molecule has 0 amide bonds. The van der Waals surface area contributed by atoms with Gasteiger partial charge in [-0.25, -0.2) is 4.98 Å². The van der Waals surface area contributed by atoms with Crippen LogP contribution < -0.4 is 5.73 Å². The largest absolute Gasteiger partial charge is 0.380 e. The summed E-state index contributed by atoms with van der Waals surface area (Å²) in [6, 6.07) is 15.6. The summed E-state index contributed by atoms with van der Waals surface area (Å²) in [5.41, 5.74) is 7.42. The second-order valence-corrected chi connectivity index (χ2v) is 5.88. The van der Waals surface area contributed by atoms with Crippen LogP contribution in [-0.4, -0.2) is 10.1 Å². The average molecular weight is 284 g/mol. The Morgan fingerprint density at radius 3 is 2.60 bits per heavy atom. The SMILES string of the molecule is CCC(O)(c1ccccc1)c1ccc2nc(N)sc2c1. The number of benzene rings is 2. The van der Waals surface area contributed by atoms with Gasteiger partial charge >= 0.3 is 0 Å². The smallest absolute Gasteiger partial charge is 0.181 e. The maximum Gasteiger partial charge on any atom is 0.181 e. The maximum atomic E-state index is 11.1. The molecule has 0 bridgehead atoms. The van der Waals surface area contributed by atoms with Crippen LogP contribution in [-0.2, 0) is 5.60 Å². The van der Waals surface area contributed by atoms with Gasteiger partial charge in [-0.3, -0.25) is 0 Å². The number of aliphatic hydroxyl groups is 1. The van der Waals surface area contributed by atoms with E-state index < -0.39 is 5.60 Å². The molecule has 1 aromatic heterocycles. The van der Waals surface area contributed by atoms with E-state index in [1.165, 1.54) is 11.3 Å². The van der Waals surface area contributed by atoms with E-state index in [1.807, 2.05) is 55.5 Å². The van der Waals surface area contributed by atoms with Crippen LogP contribution in [0, 0.1) is 0 Å². The van der Waals surface area contributed by atoms with E-state index >= 15 is 0 Å². The number of nitrogen functional groups attached to an aromatic ring is 1. The number of rotatable bonds is 3. The van der Waals surface area contributed by atoms with E-state index in [-0.39, 0.29) is 0 Å². The molecule has 2 aromatic carbocycles. The fourth-order valence-corrected chi connectivity index (χ4v) is 3.26. The minimum Gasteiger partial charge on any atom is -0.380 e. The van der Waals surface area contributed by atoms with Gasteiger partial charge < -0.3 is 10.8 Å². The van der Waals surface area contributed by atoms with Crippen LogP contribution in [0.2, 0.25) is 0 Å². The summed E-state index contributed by atoms with van der Waals surface area (Å²) < 4.78 is 1.00. The van der Waals surface area contributed by atoms with E-state index in [0.717, 1.165) is 21.3 Å². The average Bonchev–Trinajstić information content (AvgIpc) is 2.86. The Labute approximate surface area is 121 Å². The molecule has 4 heteroatoms. The summed E-state index contributed by atoms with van der Waals surface area (Å²) in [6.07, 6.45) is 0.608. The van der Waals surface area contributed by atoms with Crippen LogP contribution in [0.15, 0.2) is 48.5 Å². The van der Waals surface area contributed by atoms with Crippen molar-refractivity contribution >= 4 is 26.7 Å². The van der Waals surface area contributed by atoms with Gasteiger partial charge in [-0.2, -0.15) is 0 Å². The van der Waals surface area contributed by atoms with E-state index in [4.69, 9.17) is 5.73 Å². The van der Waals surface area contributed by atoms with Crippen molar-refractivity contribution in [2.75, 3.05) is 5.73 Å². The number of fused-ring (bicyclic) bond motifs is 1. The molecule has 0 aliphatic carbocycles. The molecule has 3 rings (SSSR count). The van der Waals surface area contributed by atoms with E-state index in [9.17, 15) is 5.11 Å². The van der Waals surface area contributed by atoms with Crippen molar-refractivity contribution < 1.29 is 5.11 Å². The topological polar surface area (TPSA) is 59.1 Å². The van der Waals surface area contributed by atoms with Gasteiger partial charge in [0.05, 0.1) is 10.2 Å². The number of thiazole rings is 1. The molecule has 0 aliphatic rings. The highest BCUT2D eigenvalue weighted by Gasteiger charge is 2.29. The number of aromatic nitrogens is 1. The lowest BCUT2D eigenvalue weighted by Crippen LogP contribution is -2.26. The summed E-state index contributed by atoms with van der Waals surface area (Å²) in [6.45, 7) is 1.98. The van der Waals surface area contributed by atoms with Crippen molar-refractivity contribution in [3.05, 3.63) is 59.7 Å². The Bertz CT molecular complexity index is 739. The van der Waals surface area contributed by atoms with Crippen LogP contribution in [0.3, 0.4) is 0 Å². The molecular formula is C16H16N2OS. The third-order valence-electron chi connectivity index (χ3n) is 3.65. The Morgan fingerprint density at radius 1 is 1.15 bits per heavy atom. The Balaban J connectivity index is 2.15. The van der Waals surface area contributed by atoms with Gasteiger partial charge in [0.2, 0.25) is 0 Å². The second kappa shape index (κ2) is 4.89. The number of anilines is 1. The summed E-state index contributed by atoms with van der Waals surface area (Å²) in [5.74, 6) is 0. The standard InChI is InChI=1S/C16H16N2OS/c1-2-16(19,11-6-4-3-5-7-11)12-8-9-13-14(10-12)20-15(17)18-13/h3-10,19H,2H2,1H3,(H2,17,18). The number of hydrogen-bond acceptors (Lipinski definition) is 4. The molecule has 1 unspecified atom stereocenters. The van der Waals surface area contributed by atoms with Crippen molar-refractivity contribution in [3.63, 3.8) is 0 Å². The predicted octanol–water partition coefficient (Wildman–Crippen LogP) is 3.52. The molecule has 3 nitrogen and oxygen atoms in total. The first-order chi connectivity index (χ1) is 9.63. The lowest BCUT2D eigenvalue weighted by molar-refractivity contribution is 0.0767. The summed E-state index contributed by atoms with van der Waals surface area (Å²) in [4.78, 5) is 4.25. The van der Waals surface area contributed by atoms with Crippen molar-refractivity contribution in [3.8, 4) is 0 Å². The monoisotopic (exact) mass is 284 g/mol. The van der Waals surface area contributed by atoms with E-state index in [2.05, 4.69) is 4.98 Å². The van der Waals surface area contributed by atoms with Crippen LogP contribution in [0.1, 0.15) is 24.5 Å². The predicted molar refractivity (Wildman–Crippen MR) is 83.8 cm³/mol. The minimum absolute atomic E-state index is 0.553. The Kier molecular flexibility index (Phi) is 3.20. The summed E-state index contributed by atoms with van der Waals surface area (Å²) in [7, 11) is 0. The molecule has 0 saturated heterocycles. The highest BCUT2D eigenvalue weighted by atomic mass is 32.1. The fourth-order valence-electron chi connectivity index (χ4n) is 2.49. The van der Waals surface area contributed by atoms with Crippen LogP contribution in [0.4, 0.5) is 5.13 Å².